The first-order chi connectivity index (χ1) is 15.9. The predicted molar refractivity (Wildman–Crippen MR) is 127 cm³/mol. The smallest absolute Gasteiger partial charge is 0.256 e. The van der Waals surface area contributed by atoms with Crippen molar-refractivity contribution >= 4 is 23.4 Å². The molecule has 33 heavy (non-hydrogen) atoms. The molecule has 6 nitrogen and oxygen atoms in total. The minimum Gasteiger partial charge on any atom is -0.339 e. The summed E-state index contributed by atoms with van der Waals surface area (Å²) < 4.78 is 14.1. The standard InChI is InChI=1S/C25H30ClFN4O2/c1-19(24(32)30-11-9-28(10-12-30)18-20-5-3-2-4-6-20)29-13-15-31(16-14-29)25(33)22-17-21(26)7-8-23(22)27/h2-8,17,19H,9-16,18H2,1H3. The van der Waals surface area contributed by atoms with Crippen LogP contribution in [0.1, 0.15) is 22.8 Å². The highest BCUT2D eigenvalue weighted by Gasteiger charge is 2.32. The number of piperazine rings is 2. The monoisotopic (exact) mass is 472 g/mol. The number of carbonyl (C=O) groups excluding carboxylic acids is 2. The second kappa shape index (κ2) is 10.6. The SMILES string of the molecule is CC(C(=O)N1CCN(Cc2ccccc2)CC1)N1CCN(C(=O)c2cc(Cl)ccc2F)CC1. The Morgan fingerprint density at radius 1 is 0.909 bits per heavy atom. The molecule has 2 fully saturated rings. The summed E-state index contributed by atoms with van der Waals surface area (Å²) in [6.45, 7) is 8.07. The van der Waals surface area contributed by atoms with Crippen LogP contribution >= 0.6 is 11.6 Å². The van der Waals surface area contributed by atoms with Gasteiger partial charge in [-0.15, -0.1) is 0 Å². The zero-order valence-corrected chi connectivity index (χ0v) is 19.7. The lowest BCUT2D eigenvalue weighted by Gasteiger charge is -2.41. The molecule has 1 unspecified atom stereocenters. The molecule has 0 aromatic heterocycles. The Morgan fingerprint density at radius 2 is 1.55 bits per heavy atom. The Morgan fingerprint density at radius 3 is 2.21 bits per heavy atom. The predicted octanol–water partition coefficient (Wildman–Crippen LogP) is 2.97. The fourth-order valence-corrected chi connectivity index (χ4v) is 4.70. The van der Waals surface area contributed by atoms with Crippen LogP contribution in [0, 0.1) is 5.82 Å². The van der Waals surface area contributed by atoms with Gasteiger partial charge in [0.25, 0.3) is 5.91 Å². The van der Waals surface area contributed by atoms with Gasteiger partial charge in [-0.05, 0) is 30.7 Å². The summed E-state index contributed by atoms with van der Waals surface area (Å²) in [5.41, 5.74) is 1.28. The average molecular weight is 473 g/mol. The second-order valence-electron chi connectivity index (χ2n) is 8.72. The number of hydrogen-bond donors (Lipinski definition) is 0. The molecule has 2 heterocycles. The van der Waals surface area contributed by atoms with Gasteiger partial charge in [-0.3, -0.25) is 19.4 Å². The topological polar surface area (TPSA) is 47.1 Å². The first-order valence-corrected chi connectivity index (χ1v) is 11.8. The summed E-state index contributed by atoms with van der Waals surface area (Å²) in [5.74, 6) is -0.792. The van der Waals surface area contributed by atoms with Crippen LogP contribution in [0.25, 0.3) is 0 Å². The van der Waals surface area contributed by atoms with Crippen LogP contribution in [0.4, 0.5) is 4.39 Å². The van der Waals surface area contributed by atoms with Crippen molar-refractivity contribution in [1.29, 1.82) is 0 Å². The Bertz CT molecular complexity index is 974. The van der Waals surface area contributed by atoms with Crippen LogP contribution < -0.4 is 0 Å². The van der Waals surface area contributed by atoms with Crippen LogP contribution in [-0.4, -0.2) is 89.8 Å². The van der Waals surface area contributed by atoms with E-state index in [1.165, 1.54) is 23.8 Å². The average Bonchev–Trinajstić information content (AvgIpc) is 2.85. The van der Waals surface area contributed by atoms with Crippen molar-refractivity contribution in [1.82, 2.24) is 19.6 Å². The van der Waals surface area contributed by atoms with Gasteiger partial charge < -0.3 is 9.80 Å². The van der Waals surface area contributed by atoms with E-state index in [1.54, 1.807) is 4.90 Å². The van der Waals surface area contributed by atoms with Crippen molar-refractivity contribution in [3.8, 4) is 0 Å². The van der Waals surface area contributed by atoms with Crippen molar-refractivity contribution in [3.05, 3.63) is 70.5 Å². The van der Waals surface area contributed by atoms with Gasteiger partial charge in [-0.1, -0.05) is 41.9 Å². The molecule has 1 atom stereocenters. The molecule has 4 rings (SSSR count). The summed E-state index contributed by atoms with van der Waals surface area (Å²) in [6, 6.07) is 14.2. The lowest BCUT2D eigenvalue weighted by Crippen LogP contribution is -2.57. The van der Waals surface area contributed by atoms with Gasteiger partial charge in [0.15, 0.2) is 0 Å². The van der Waals surface area contributed by atoms with E-state index in [-0.39, 0.29) is 23.4 Å². The number of hydrogen-bond acceptors (Lipinski definition) is 4. The molecule has 2 saturated heterocycles. The van der Waals surface area contributed by atoms with Gasteiger partial charge in [-0.2, -0.15) is 0 Å². The van der Waals surface area contributed by atoms with Gasteiger partial charge in [0.05, 0.1) is 11.6 Å². The third kappa shape index (κ3) is 5.72. The number of benzene rings is 2. The summed E-state index contributed by atoms with van der Waals surface area (Å²) in [7, 11) is 0. The molecule has 0 bridgehead atoms. The molecule has 176 valence electrons. The van der Waals surface area contributed by atoms with Crippen molar-refractivity contribution in [3.63, 3.8) is 0 Å². The molecule has 2 aliphatic rings. The zero-order valence-electron chi connectivity index (χ0n) is 18.9. The third-order valence-electron chi connectivity index (χ3n) is 6.60. The van der Waals surface area contributed by atoms with E-state index in [1.807, 2.05) is 17.9 Å². The number of halogens is 2. The van der Waals surface area contributed by atoms with Gasteiger partial charge in [-0.25, -0.2) is 4.39 Å². The molecule has 2 aromatic rings. The Balaban J connectivity index is 1.25. The van der Waals surface area contributed by atoms with Crippen molar-refractivity contribution in [2.45, 2.75) is 19.5 Å². The third-order valence-corrected chi connectivity index (χ3v) is 6.83. The van der Waals surface area contributed by atoms with Crippen molar-refractivity contribution in [2.75, 3.05) is 52.4 Å². The van der Waals surface area contributed by atoms with E-state index in [0.29, 0.717) is 31.2 Å². The maximum Gasteiger partial charge on any atom is 0.256 e. The molecular weight excluding hydrogens is 443 g/mol. The van der Waals surface area contributed by atoms with E-state index in [4.69, 9.17) is 11.6 Å². The zero-order chi connectivity index (χ0) is 23.4. The fourth-order valence-electron chi connectivity index (χ4n) is 4.53. The molecule has 0 N–H and O–H groups in total. The fraction of sp³-hybridized carbons (Fsp3) is 0.440. The van der Waals surface area contributed by atoms with Gasteiger partial charge >= 0.3 is 0 Å². The molecule has 0 saturated carbocycles. The van der Waals surface area contributed by atoms with Crippen LogP contribution in [-0.2, 0) is 11.3 Å². The maximum absolute atomic E-state index is 14.1. The Labute approximate surface area is 199 Å². The minimum absolute atomic E-state index is 0.00607. The first-order valence-electron chi connectivity index (χ1n) is 11.5. The summed E-state index contributed by atoms with van der Waals surface area (Å²) >= 11 is 5.93. The number of rotatable bonds is 5. The Kier molecular flexibility index (Phi) is 7.63. The normalized spacial score (nSPS) is 18.9. The van der Waals surface area contributed by atoms with E-state index in [2.05, 4.69) is 34.1 Å². The molecule has 0 radical (unpaired) electrons. The lowest BCUT2D eigenvalue weighted by molar-refractivity contribution is -0.138. The van der Waals surface area contributed by atoms with Gasteiger partial charge in [0.1, 0.15) is 5.82 Å². The molecule has 2 aliphatic heterocycles. The van der Waals surface area contributed by atoms with Crippen LogP contribution in [0.15, 0.2) is 48.5 Å². The number of nitrogens with zero attached hydrogens (tertiary/aromatic N) is 4. The van der Waals surface area contributed by atoms with Gasteiger partial charge in [0, 0.05) is 63.9 Å². The molecular formula is C25H30ClFN4O2. The van der Waals surface area contributed by atoms with E-state index in [9.17, 15) is 14.0 Å². The van der Waals surface area contributed by atoms with Crippen molar-refractivity contribution < 1.29 is 14.0 Å². The maximum atomic E-state index is 14.1. The quantitative estimate of drug-likeness (QED) is 0.671. The highest BCUT2D eigenvalue weighted by Crippen LogP contribution is 2.19. The number of carbonyl (C=O) groups is 2. The largest absolute Gasteiger partial charge is 0.339 e. The molecule has 2 amide bonds. The Hall–Kier alpha value is -2.48. The molecule has 2 aromatic carbocycles. The van der Waals surface area contributed by atoms with E-state index >= 15 is 0 Å². The van der Waals surface area contributed by atoms with Crippen LogP contribution in [0.3, 0.4) is 0 Å². The van der Waals surface area contributed by atoms with E-state index < -0.39 is 5.82 Å². The highest BCUT2D eigenvalue weighted by molar-refractivity contribution is 6.31. The summed E-state index contributed by atoms with van der Waals surface area (Å²) in [6.07, 6.45) is 0. The first kappa shape index (κ1) is 23.7. The highest BCUT2D eigenvalue weighted by atomic mass is 35.5. The summed E-state index contributed by atoms with van der Waals surface area (Å²) in [5, 5.41) is 0.335. The number of amides is 2. The summed E-state index contributed by atoms with van der Waals surface area (Å²) in [4.78, 5) is 33.9. The van der Waals surface area contributed by atoms with Gasteiger partial charge in [0.2, 0.25) is 5.91 Å². The minimum atomic E-state index is -0.568. The van der Waals surface area contributed by atoms with Crippen LogP contribution in [0.5, 0.6) is 0 Å². The van der Waals surface area contributed by atoms with E-state index in [0.717, 1.165) is 32.7 Å². The lowest BCUT2D eigenvalue weighted by atomic mass is 10.1. The second-order valence-corrected chi connectivity index (χ2v) is 9.15. The van der Waals surface area contributed by atoms with Crippen LogP contribution in [0.2, 0.25) is 5.02 Å². The van der Waals surface area contributed by atoms with Crippen molar-refractivity contribution in [2.24, 2.45) is 0 Å². The molecule has 0 spiro atoms. The molecule has 0 aliphatic carbocycles. The molecule has 8 heteroatoms.